The van der Waals surface area contributed by atoms with Crippen LogP contribution in [0.4, 0.5) is 0 Å². The average Bonchev–Trinajstić information content (AvgIpc) is 2.12. The lowest BCUT2D eigenvalue weighted by Gasteiger charge is -2.12. The number of aliphatic carboxylic acids is 1. The van der Waals surface area contributed by atoms with Crippen molar-refractivity contribution in [3.8, 4) is 0 Å². The van der Waals surface area contributed by atoms with Gasteiger partial charge in [-0.1, -0.05) is 0 Å². The highest BCUT2D eigenvalue weighted by Gasteiger charge is 2.21. The molecule has 0 saturated heterocycles. The fraction of sp³-hybridized carbons (Fsp3) is 0.833. The van der Waals surface area contributed by atoms with Crippen molar-refractivity contribution in [1.82, 2.24) is 3.82 Å². The predicted molar refractivity (Wildman–Crippen MR) is 52.2 cm³/mol. The molecule has 0 amide bonds. The molecule has 0 fully saturated rings. The molecule has 3 N–H and O–H groups in total. The van der Waals surface area contributed by atoms with Crippen LogP contribution in [-0.4, -0.2) is 41.7 Å². The normalized spacial score (nSPS) is 14.3. The number of nitrogens with two attached hydrogens (primary N) is 1. The molecule has 0 heterocycles. The fourth-order valence-corrected chi connectivity index (χ4v) is 2.05. The molecule has 84 valence electrons. The van der Waals surface area contributed by atoms with Crippen LogP contribution in [0.2, 0.25) is 0 Å². The summed E-state index contributed by atoms with van der Waals surface area (Å²) in [5.74, 6) is -1.59. The van der Waals surface area contributed by atoms with E-state index in [-0.39, 0.29) is 18.7 Å². The number of nitrogens with zero attached hydrogens (tertiary/aromatic N) is 1. The second-order valence-corrected chi connectivity index (χ2v) is 5.27. The molecule has 0 aliphatic rings. The van der Waals surface area contributed by atoms with Crippen molar-refractivity contribution < 1.29 is 18.3 Å². The van der Waals surface area contributed by atoms with Crippen LogP contribution in [0.15, 0.2) is 0 Å². The highest BCUT2D eigenvalue weighted by molar-refractivity contribution is 7.89. The van der Waals surface area contributed by atoms with Gasteiger partial charge in [0.1, 0.15) is 6.04 Å². The van der Waals surface area contributed by atoms with Gasteiger partial charge in [0.2, 0.25) is 10.0 Å². The zero-order valence-electron chi connectivity index (χ0n) is 7.68. The molecular formula is C6H13ClN2O4S. The van der Waals surface area contributed by atoms with Gasteiger partial charge in [0, 0.05) is 6.54 Å². The molecule has 0 saturated carbocycles. The van der Waals surface area contributed by atoms with E-state index in [2.05, 4.69) is 0 Å². The Balaban J connectivity index is 4.20. The second kappa shape index (κ2) is 5.50. The van der Waals surface area contributed by atoms with E-state index in [1.54, 1.807) is 6.92 Å². The number of carbonyl (C=O) groups is 1. The summed E-state index contributed by atoms with van der Waals surface area (Å²) in [6.45, 7) is 1.70. The molecule has 0 aromatic rings. The highest BCUT2D eigenvalue weighted by atomic mass is 35.5. The molecule has 6 nitrogen and oxygen atoms in total. The van der Waals surface area contributed by atoms with Gasteiger partial charge >= 0.3 is 5.97 Å². The zero-order valence-corrected chi connectivity index (χ0v) is 9.25. The second-order valence-electron chi connectivity index (χ2n) is 2.65. The van der Waals surface area contributed by atoms with Gasteiger partial charge in [0.25, 0.3) is 0 Å². The van der Waals surface area contributed by atoms with Crippen LogP contribution < -0.4 is 5.73 Å². The van der Waals surface area contributed by atoms with Crippen LogP contribution >= 0.6 is 11.8 Å². The number of halogens is 1. The molecule has 0 radical (unpaired) electrons. The van der Waals surface area contributed by atoms with Crippen LogP contribution in [-0.2, 0) is 14.8 Å². The quantitative estimate of drug-likeness (QED) is 0.619. The first-order valence-corrected chi connectivity index (χ1v) is 5.90. The maximum absolute atomic E-state index is 11.2. The molecule has 0 aliphatic carbocycles. The number of hydrogen-bond donors (Lipinski definition) is 2. The summed E-state index contributed by atoms with van der Waals surface area (Å²) in [4.78, 5) is 10.3. The number of carboxylic acids is 1. The van der Waals surface area contributed by atoms with E-state index in [4.69, 9.17) is 22.6 Å². The lowest BCUT2D eigenvalue weighted by atomic mass is 10.2. The monoisotopic (exact) mass is 244 g/mol. The Morgan fingerprint density at radius 3 is 2.50 bits per heavy atom. The molecule has 0 rings (SSSR count). The Morgan fingerprint density at radius 2 is 2.14 bits per heavy atom. The Kier molecular flexibility index (Phi) is 5.35. The molecular weight excluding hydrogens is 232 g/mol. The molecule has 8 heteroatoms. The maximum atomic E-state index is 11.2. The molecule has 14 heavy (non-hydrogen) atoms. The van der Waals surface area contributed by atoms with Gasteiger partial charge in [-0.05, 0) is 25.1 Å². The van der Waals surface area contributed by atoms with Crippen molar-refractivity contribution in [3.05, 3.63) is 0 Å². The number of sulfonamides is 1. The minimum Gasteiger partial charge on any atom is -0.480 e. The summed E-state index contributed by atoms with van der Waals surface area (Å²) in [5, 5.41) is 8.41. The minimum absolute atomic E-state index is 0.131. The van der Waals surface area contributed by atoms with Crippen molar-refractivity contribution in [2.24, 2.45) is 5.73 Å². The third kappa shape index (κ3) is 4.23. The first-order valence-electron chi connectivity index (χ1n) is 3.95. The zero-order chi connectivity index (χ0) is 11.4. The predicted octanol–water partition coefficient (Wildman–Crippen LogP) is -0.406. The number of carboxylic acid groups (broad SMARTS) is 1. The van der Waals surface area contributed by atoms with E-state index in [0.29, 0.717) is 3.82 Å². The first kappa shape index (κ1) is 13.6. The van der Waals surface area contributed by atoms with E-state index >= 15 is 0 Å². The third-order valence-electron chi connectivity index (χ3n) is 1.55. The summed E-state index contributed by atoms with van der Waals surface area (Å²) in [7, 11) is -3.58. The smallest absolute Gasteiger partial charge is 0.320 e. The van der Waals surface area contributed by atoms with Crippen LogP contribution in [0.25, 0.3) is 0 Å². The third-order valence-corrected chi connectivity index (χ3v) is 4.04. The van der Waals surface area contributed by atoms with Crippen molar-refractivity contribution in [3.63, 3.8) is 0 Å². The van der Waals surface area contributed by atoms with Crippen molar-refractivity contribution in [2.75, 3.05) is 12.3 Å². The summed E-state index contributed by atoms with van der Waals surface area (Å²) in [6.07, 6.45) is -0.152. The van der Waals surface area contributed by atoms with Gasteiger partial charge in [-0.25, -0.2) is 8.42 Å². The summed E-state index contributed by atoms with van der Waals surface area (Å²) >= 11 is 5.38. The molecule has 0 aromatic carbocycles. The SMILES string of the molecule is CCN(Cl)S(=O)(=O)CCC(N)C(=O)O. The van der Waals surface area contributed by atoms with E-state index in [1.807, 2.05) is 0 Å². The van der Waals surface area contributed by atoms with Gasteiger partial charge in [-0.15, -0.1) is 3.82 Å². The summed E-state index contributed by atoms with van der Waals surface area (Å²) in [5.41, 5.74) is 5.14. The van der Waals surface area contributed by atoms with E-state index < -0.39 is 22.0 Å². The first-order chi connectivity index (χ1) is 6.31. The van der Waals surface area contributed by atoms with Gasteiger partial charge in [0.15, 0.2) is 0 Å². The van der Waals surface area contributed by atoms with Crippen molar-refractivity contribution >= 4 is 27.8 Å². The Hall–Kier alpha value is -0.370. The number of rotatable bonds is 6. The number of hydrogen-bond acceptors (Lipinski definition) is 4. The summed E-state index contributed by atoms with van der Waals surface area (Å²) in [6, 6.07) is -1.17. The lowest BCUT2D eigenvalue weighted by molar-refractivity contribution is -0.138. The Labute approximate surface area is 87.8 Å². The topological polar surface area (TPSA) is 101 Å². The van der Waals surface area contributed by atoms with Crippen LogP contribution in [0.1, 0.15) is 13.3 Å². The molecule has 0 aromatic heterocycles. The molecule has 1 atom stereocenters. The van der Waals surface area contributed by atoms with Crippen LogP contribution in [0.5, 0.6) is 0 Å². The van der Waals surface area contributed by atoms with Crippen molar-refractivity contribution in [1.29, 1.82) is 0 Å². The van der Waals surface area contributed by atoms with E-state index in [1.165, 1.54) is 0 Å². The molecule has 0 spiro atoms. The van der Waals surface area contributed by atoms with Gasteiger partial charge in [-0.2, -0.15) is 0 Å². The largest absolute Gasteiger partial charge is 0.480 e. The average molecular weight is 245 g/mol. The summed E-state index contributed by atoms with van der Waals surface area (Å²) < 4.78 is 23.1. The van der Waals surface area contributed by atoms with Gasteiger partial charge < -0.3 is 10.8 Å². The fourth-order valence-electron chi connectivity index (χ4n) is 0.695. The highest BCUT2D eigenvalue weighted by Crippen LogP contribution is 2.07. The van der Waals surface area contributed by atoms with Crippen LogP contribution in [0.3, 0.4) is 0 Å². The maximum Gasteiger partial charge on any atom is 0.320 e. The van der Waals surface area contributed by atoms with E-state index in [9.17, 15) is 13.2 Å². The van der Waals surface area contributed by atoms with Gasteiger partial charge in [-0.3, -0.25) is 4.79 Å². The molecule has 0 bridgehead atoms. The Bertz CT molecular complexity index is 292. The Morgan fingerprint density at radius 1 is 1.64 bits per heavy atom. The standard InChI is InChI=1S/C6H13ClN2O4S/c1-2-9(7)14(12,13)4-3-5(8)6(10)11/h5H,2-4,8H2,1H3,(H,10,11). The van der Waals surface area contributed by atoms with Crippen LogP contribution in [0, 0.1) is 0 Å². The molecule has 0 aliphatic heterocycles. The van der Waals surface area contributed by atoms with Crippen molar-refractivity contribution in [2.45, 2.75) is 19.4 Å². The lowest BCUT2D eigenvalue weighted by Crippen LogP contribution is -2.34. The minimum atomic E-state index is -3.58. The molecule has 1 unspecified atom stereocenters. The van der Waals surface area contributed by atoms with Gasteiger partial charge in [0.05, 0.1) is 5.75 Å². The van der Waals surface area contributed by atoms with E-state index in [0.717, 1.165) is 0 Å².